The van der Waals surface area contributed by atoms with E-state index in [1.54, 1.807) is 23.1 Å². The molecule has 0 radical (unpaired) electrons. The van der Waals surface area contributed by atoms with Gasteiger partial charge in [-0.1, -0.05) is 31.5 Å². The molecule has 0 aromatic heterocycles. The Labute approximate surface area is 176 Å². The second-order valence-electron chi connectivity index (χ2n) is 7.03. The van der Waals surface area contributed by atoms with Crippen molar-refractivity contribution in [2.24, 2.45) is 0 Å². The highest BCUT2D eigenvalue weighted by Crippen LogP contribution is 2.22. The van der Waals surface area contributed by atoms with Crippen LogP contribution in [0.25, 0.3) is 0 Å². The topological polar surface area (TPSA) is 73.5 Å². The van der Waals surface area contributed by atoms with Gasteiger partial charge in [-0.2, -0.15) is 0 Å². The van der Waals surface area contributed by atoms with Crippen LogP contribution in [0.5, 0.6) is 0 Å². The molecule has 1 aliphatic rings. The molecule has 152 valence electrons. The van der Waals surface area contributed by atoms with Crippen molar-refractivity contribution in [3.8, 4) is 0 Å². The van der Waals surface area contributed by atoms with E-state index < -0.39 is 0 Å². The number of amides is 2. The average molecular weight is 411 g/mol. The minimum Gasteiger partial charge on any atom is -0.331 e. The van der Waals surface area contributed by atoms with Crippen molar-refractivity contribution in [2.45, 2.75) is 39.0 Å². The summed E-state index contributed by atoms with van der Waals surface area (Å²) >= 11 is 5.25. The Bertz CT molecular complexity index is 883. The maximum absolute atomic E-state index is 12.4. The maximum Gasteiger partial charge on any atom is 0.269 e. The summed E-state index contributed by atoms with van der Waals surface area (Å²) in [4.78, 5) is 26.0. The van der Waals surface area contributed by atoms with Crippen LogP contribution in [0.15, 0.2) is 48.5 Å². The SMILES string of the molecule is CCCCc1ccc(NC(=S)NNC(=O)c2cccc(N3CCCC3=O)c2)cc1. The standard InChI is InChI=1S/C22H26N4O2S/c1-2-3-6-16-10-12-18(13-11-16)23-22(29)25-24-21(28)17-7-4-8-19(15-17)26-14-5-9-20(26)27/h4,7-8,10-13,15H,2-3,5-6,9,14H2,1H3,(H,24,28)(H2,23,25,29). The van der Waals surface area contributed by atoms with E-state index in [4.69, 9.17) is 12.2 Å². The second kappa shape index (κ2) is 10.0. The van der Waals surface area contributed by atoms with Gasteiger partial charge >= 0.3 is 0 Å². The van der Waals surface area contributed by atoms with Crippen molar-refractivity contribution in [2.75, 3.05) is 16.8 Å². The Morgan fingerprint density at radius 1 is 1.14 bits per heavy atom. The van der Waals surface area contributed by atoms with Crippen LogP contribution in [0, 0.1) is 0 Å². The van der Waals surface area contributed by atoms with Crippen LogP contribution in [0.3, 0.4) is 0 Å². The number of hydrazine groups is 1. The fourth-order valence-electron chi connectivity index (χ4n) is 3.22. The molecule has 0 spiro atoms. The Kier molecular flexibility index (Phi) is 7.19. The largest absolute Gasteiger partial charge is 0.331 e. The molecule has 6 nitrogen and oxygen atoms in total. The number of aryl methyl sites for hydroxylation is 1. The van der Waals surface area contributed by atoms with Gasteiger partial charge in [0.25, 0.3) is 5.91 Å². The summed E-state index contributed by atoms with van der Waals surface area (Å²) < 4.78 is 0. The Morgan fingerprint density at radius 2 is 1.93 bits per heavy atom. The van der Waals surface area contributed by atoms with E-state index in [0.717, 1.165) is 24.2 Å². The van der Waals surface area contributed by atoms with Crippen molar-refractivity contribution in [3.05, 3.63) is 59.7 Å². The van der Waals surface area contributed by atoms with Crippen molar-refractivity contribution in [1.29, 1.82) is 0 Å². The zero-order valence-electron chi connectivity index (χ0n) is 16.5. The maximum atomic E-state index is 12.4. The molecular weight excluding hydrogens is 384 g/mol. The molecule has 2 amide bonds. The number of unbranched alkanes of at least 4 members (excludes halogenated alkanes) is 1. The van der Waals surface area contributed by atoms with Crippen LogP contribution < -0.4 is 21.1 Å². The second-order valence-corrected chi connectivity index (χ2v) is 7.44. The smallest absolute Gasteiger partial charge is 0.269 e. The Hall–Kier alpha value is -2.93. The molecule has 29 heavy (non-hydrogen) atoms. The van der Waals surface area contributed by atoms with Gasteiger partial charge in [-0.3, -0.25) is 20.4 Å². The van der Waals surface area contributed by atoms with Crippen LogP contribution in [0.1, 0.15) is 48.5 Å². The molecular formula is C22H26N4O2S. The molecule has 0 aliphatic carbocycles. The first kappa shape index (κ1) is 20.8. The number of carbonyl (C=O) groups is 2. The van der Waals surface area contributed by atoms with Crippen LogP contribution >= 0.6 is 12.2 Å². The van der Waals surface area contributed by atoms with Crippen LogP contribution in [-0.2, 0) is 11.2 Å². The first-order valence-electron chi connectivity index (χ1n) is 9.93. The lowest BCUT2D eigenvalue weighted by molar-refractivity contribution is -0.117. The van der Waals surface area contributed by atoms with Crippen molar-refractivity contribution >= 4 is 40.5 Å². The van der Waals surface area contributed by atoms with E-state index >= 15 is 0 Å². The molecule has 3 N–H and O–H groups in total. The third kappa shape index (κ3) is 5.77. The molecule has 1 heterocycles. The third-order valence-electron chi connectivity index (χ3n) is 4.81. The molecule has 0 bridgehead atoms. The number of hydrogen-bond donors (Lipinski definition) is 3. The van der Waals surface area contributed by atoms with Gasteiger partial charge in [0.1, 0.15) is 0 Å². The van der Waals surface area contributed by atoms with E-state index in [-0.39, 0.29) is 11.8 Å². The van der Waals surface area contributed by atoms with Gasteiger partial charge in [0.05, 0.1) is 0 Å². The summed E-state index contributed by atoms with van der Waals surface area (Å²) in [6.07, 6.45) is 4.81. The van der Waals surface area contributed by atoms with Crippen LogP contribution in [0.4, 0.5) is 11.4 Å². The van der Waals surface area contributed by atoms with Gasteiger partial charge in [0.15, 0.2) is 5.11 Å². The highest BCUT2D eigenvalue weighted by molar-refractivity contribution is 7.80. The van der Waals surface area contributed by atoms with E-state index in [2.05, 4.69) is 35.2 Å². The van der Waals surface area contributed by atoms with Crippen LogP contribution in [0.2, 0.25) is 0 Å². The molecule has 2 aromatic carbocycles. The summed E-state index contributed by atoms with van der Waals surface area (Å²) in [6.45, 7) is 2.86. The van der Waals surface area contributed by atoms with Gasteiger partial charge in [-0.25, -0.2) is 0 Å². The van der Waals surface area contributed by atoms with Gasteiger partial charge in [0.2, 0.25) is 5.91 Å². The number of carbonyl (C=O) groups excluding carboxylic acids is 2. The summed E-state index contributed by atoms with van der Waals surface area (Å²) in [6, 6.07) is 15.1. The molecule has 1 saturated heterocycles. The zero-order chi connectivity index (χ0) is 20.6. The fourth-order valence-corrected chi connectivity index (χ4v) is 3.39. The Balaban J connectivity index is 1.51. The summed E-state index contributed by atoms with van der Waals surface area (Å²) in [5.41, 5.74) is 8.65. The number of hydrogen-bond acceptors (Lipinski definition) is 3. The van der Waals surface area contributed by atoms with Crippen molar-refractivity contribution in [3.63, 3.8) is 0 Å². The summed E-state index contributed by atoms with van der Waals surface area (Å²) in [7, 11) is 0. The summed E-state index contributed by atoms with van der Waals surface area (Å²) in [5, 5.41) is 3.34. The molecule has 2 aromatic rings. The Morgan fingerprint density at radius 3 is 2.62 bits per heavy atom. The van der Waals surface area contributed by atoms with Gasteiger partial charge in [-0.15, -0.1) is 0 Å². The predicted octanol–water partition coefficient (Wildman–Crippen LogP) is 3.79. The predicted molar refractivity (Wildman–Crippen MR) is 120 cm³/mol. The minimum absolute atomic E-state index is 0.0896. The van der Waals surface area contributed by atoms with E-state index in [1.807, 2.05) is 18.2 Å². The zero-order valence-corrected chi connectivity index (χ0v) is 17.3. The molecule has 1 aliphatic heterocycles. The number of nitrogens with zero attached hydrogens (tertiary/aromatic N) is 1. The number of thiocarbonyl (C=S) groups is 1. The first-order chi connectivity index (χ1) is 14.1. The van der Waals surface area contributed by atoms with Crippen molar-refractivity contribution in [1.82, 2.24) is 10.9 Å². The number of nitrogens with one attached hydrogen (secondary N) is 3. The molecule has 0 saturated carbocycles. The van der Waals surface area contributed by atoms with Gasteiger partial charge in [-0.05, 0) is 67.4 Å². The lowest BCUT2D eigenvalue weighted by Crippen LogP contribution is -2.43. The van der Waals surface area contributed by atoms with E-state index in [1.165, 1.54) is 18.4 Å². The molecule has 3 rings (SSSR count). The highest BCUT2D eigenvalue weighted by atomic mass is 32.1. The fraction of sp³-hybridized carbons (Fsp3) is 0.318. The number of rotatable bonds is 6. The van der Waals surface area contributed by atoms with Gasteiger partial charge in [0, 0.05) is 29.9 Å². The first-order valence-corrected chi connectivity index (χ1v) is 10.3. The van der Waals surface area contributed by atoms with E-state index in [0.29, 0.717) is 23.6 Å². The highest BCUT2D eigenvalue weighted by Gasteiger charge is 2.22. The lowest BCUT2D eigenvalue weighted by Gasteiger charge is -2.17. The van der Waals surface area contributed by atoms with Gasteiger partial charge < -0.3 is 10.2 Å². The molecule has 0 unspecified atom stereocenters. The summed E-state index contributed by atoms with van der Waals surface area (Å²) in [5.74, 6) is -0.232. The van der Waals surface area contributed by atoms with Crippen molar-refractivity contribution < 1.29 is 9.59 Å². The average Bonchev–Trinajstić information content (AvgIpc) is 3.17. The molecule has 7 heteroatoms. The number of anilines is 2. The molecule has 1 fully saturated rings. The lowest BCUT2D eigenvalue weighted by atomic mass is 10.1. The third-order valence-corrected chi connectivity index (χ3v) is 5.02. The quantitative estimate of drug-likeness (QED) is 0.499. The monoisotopic (exact) mass is 410 g/mol. The normalized spacial score (nSPS) is 13.3. The minimum atomic E-state index is -0.322. The molecule has 0 atom stereocenters. The van der Waals surface area contributed by atoms with E-state index in [9.17, 15) is 9.59 Å². The number of benzene rings is 2. The van der Waals surface area contributed by atoms with Crippen LogP contribution in [-0.4, -0.2) is 23.5 Å².